The molecule has 1 fully saturated rings. The van der Waals surface area contributed by atoms with Crippen molar-refractivity contribution in [1.82, 2.24) is 14.8 Å². The van der Waals surface area contributed by atoms with Crippen molar-refractivity contribution in [3.63, 3.8) is 0 Å². The van der Waals surface area contributed by atoms with Gasteiger partial charge in [-0.05, 0) is 40.9 Å². The molecule has 1 aliphatic heterocycles. The summed E-state index contributed by atoms with van der Waals surface area (Å²) in [6, 6.07) is 3.28. The Labute approximate surface area is 142 Å². The third-order valence-corrected chi connectivity index (χ3v) is 4.26. The first-order chi connectivity index (χ1) is 10.9. The number of likely N-dealkylation sites (N-methyl/N-ethyl adjacent to an activating group) is 1. The molecule has 0 aliphatic carbocycles. The summed E-state index contributed by atoms with van der Waals surface area (Å²) in [6.45, 7) is 0.636. The molecule has 8 heteroatoms. The molecule has 1 saturated heterocycles. The number of hydrogen-bond acceptors (Lipinski definition) is 4. The van der Waals surface area contributed by atoms with Crippen LogP contribution in [-0.2, 0) is 9.59 Å². The summed E-state index contributed by atoms with van der Waals surface area (Å²) in [5, 5.41) is 9.06. The number of carboxylic acids is 1. The van der Waals surface area contributed by atoms with Gasteiger partial charge in [0.1, 0.15) is 5.69 Å². The first kappa shape index (κ1) is 17.4. The average molecular weight is 384 g/mol. The second-order valence-corrected chi connectivity index (χ2v) is 6.46. The number of carbonyl (C=O) groups is 3. The highest BCUT2D eigenvalue weighted by molar-refractivity contribution is 9.10. The van der Waals surface area contributed by atoms with Gasteiger partial charge < -0.3 is 14.9 Å². The molecule has 2 rings (SSSR count). The maximum Gasteiger partial charge on any atom is 0.308 e. The van der Waals surface area contributed by atoms with Crippen molar-refractivity contribution in [2.45, 2.75) is 12.8 Å². The highest BCUT2D eigenvalue weighted by Gasteiger charge is 2.29. The van der Waals surface area contributed by atoms with Gasteiger partial charge in [-0.1, -0.05) is 0 Å². The number of nitrogens with zero attached hydrogens (tertiary/aromatic N) is 3. The van der Waals surface area contributed by atoms with Crippen LogP contribution in [0.4, 0.5) is 0 Å². The number of pyridine rings is 1. The van der Waals surface area contributed by atoms with Crippen molar-refractivity contribution in [3.8, 4) is 0 Å². The number of likely N-dealkylation sites (tertiary alicyclic amines) is 1. The quantitative estimate of drug-likeness (QED) is 0.844. The summed E-state index contributed by atoms with van der Waals surface area (Å²) in [7, 11) is 1.53. The SMILES string of the molecule is CN(CC(=O)N1CCCC(C(=O)O)C1)C(=O)c1ccc(Br)cn1. The van der Waals surface area contributed by atoms with Crippen LogP contribution in [0.1, 0.15) is 23.3 Å². The number of aromatic nitrogens is 1. The summed E-state index contributed by atoms with van der Waals surface area (Å²) < 4.78 is 0.765. The van der Waals surface area contributed by atoms with Crippen LogP contribution in [-0.4, -0.2) is 64.4 Å². The number of piperidine rings is 1. The van der Waals surface area contributed by atoms with Crippen molar-refractivity contribution in [2.24, 2.45) is 5.92 Å². The Bertz CT molecular complexity index is 605. The monoisotopic (exact) mass is 383 g/mol. The van der Waals surface area contributed by atoms with Gasteiger partial charge in [0.25, 0.3) is 5.91 Å². The van der Waals surface area contributed by atoms with E-state index in [1.165, 1.54) is 23.0 Å². The van der Waals surface area contributed by atoms with Crippen LogP contribution in [0.5, 0.6) is 0 Å². The fourth-order valence-corrected chi connectivity index (χ4v) is 2.71. The van der Waals surface area contributed by atoms with Crippen molar-refractivity contribution >= 4 is 33.7 Å². The van der Waals surface area contributed by atoms with Gasteiger partial charge in [-0.25, -0.2) is 4.98 Å². The molecule has 2 heterocycles. The van der Waals surface area contributed by atoms with Crippen LogP contribution < -0.4 is 0 Å². The number of rotatable bonds is 4. The van der Waals surface area contributed by atoms with Crippen molar-refractivity contribution in [3.05, 3.63) is 28.5 Å². The third kappa shape index (κ3) is 4.51. The Hall–Kier alpha value is -1.96. The zero-order valence-corrected chi connectivity index (χ0v) is 14.3. The number of aliphatic carboxylic acids is 1. The molecule has 1 atom stereocenters. The second-order valence-electron chi connectivity index (χ2n) is 5.54. The molecule has 2 amide bonds. The molecule has 1 aromatic rings. The molecule has 0 radical (unpaired) electrons. The topological polar surface area (TPSA) is 90.8 Å². The lowest BCUT2D eigenvalue weighted by molar-refractivity contribution is -0.145. The van der Waals surface area contributed by atoms with Crippen molar-refractivity contribution in [2.75, 3.05) is 26.7 Å². The molecule has 124 valence electrons. The largest absolute Gasteiger partial charge is 0.481 e. The minimum atomic E-state index is -0.883. The molecule has 0 aromatic carbocycles. The van der Waals surface area contributed by atoms with E-state index in [2.05, 4.69) is 20.9 Å². The first-order valence-corrected chi connectivity index (χ1v) is 8.05. The van der Waals surface area contributed by atoms with Gasteiger partial charge in [0.15, 0.2) is 0 Å². The molecule has 23 heavy (non-hydrogen) atoms. The minimum absolute atomic E-state index is 0.0943. The lowest BCUT2D eigenvalue weighted by atomic mass is 9.98. The third-order valence-electron chi connectivity index (χ3n) is 3.79. The van der Waals surface area contributed by atoms with Crippen LogP contribution in [0.15, 0.2) is 22.8 Å². The van der Waals surface area contributed by atoms with Crippen LogP contribution in [0, 0.1) is 5.92 Å². The number of amides is 2. The fourth-order valence-electron chi connectivity index (χ4n) is 2.48. The standard InChI is InChI=1S/C15H18BrN3O4/c1-18(14(21)12-5-4-11(16)7-17-12)9-13(20)19-6-2-3-10(8-19)15(22)23/h4-5,7,10H,2-3,6,8-9H2,1H3,(H,22,23). The van der Waals surface area contributed by atoms with E-state index in [0.717, 1.165) is 4.47 Å². The average Bonchev–Trinajstić information content (AvgIpc) is 2.54. The van der Waals surface area contributed by atoms with E-state index in [1.54, 1.807) is 12.1 Å². The lowest BCUT2D eigenvalue weighted by Gasteiger charge is -2.32. The maximum absolute atomic E-state index is 12.3. The van der Waals surface area contributed by atoms with E-state index in [1.807, 2.05) is 0 Å². The van der Waals surface area contributed by atoms with Gasteiger partial charge in [-0.2, -0.15) is 0 Å². The van der Waals surface area contributed by atoms with Gasteiger partial charge in [-0.3, -0.25) is 14.4 Å². The van der Waals surface area contributed by atoms with Gasteiger partial charge in [0, 0.05) is 30.8 Å². The van der Waals surface area contributed by atoms with E-state index in [0.29, 0.717) is 19.4 Å². The predicted octanol–water partition coefficient (Wildman–Crippen LogP) is 1.24. The van der Waals surface area contributed by atoms with Gasteiger partial charge in [0.2, 0.25) is 5.91 Å². The molecular formula is C15H18BrN3O4. The number of hydrogen-bond donors (Lipinski definition) is 1. The van der Waals surface area contributed by atoms with Crippen molar-refractivity contribution in [1.29, 1.82) is 0 Å². The van der Waals surface area contributed by atoms with E-state index >= 15 is 0 Å². The highest BCUT2D eigenvalue weighted by Crippen LogP contribution is 2.17. The van der Waals surface area contributed by atoms with E-state index < -0.39 is 11.9 Å². The normalized spacial score (nSPS) is 17.7. The molecule has 1 aromatic heterocycles. The molecule has 1 N–H and O–H groups in total. The maximum atomic E-state index is 12.3. The Morgan fingerprint density at radius 1 is 1.43 bits per heavy atom. The molecule has 0 saturated carbocycles. The molecule has 0 spiro atoms. The molecule has 0 bridgehead atoms. The molecule has 1 unspecified atom stereocenters. The Morgan fingerprint density at radius 2 is 2.17 bits per heavy atom. The summed E-state index contributed by atoms with van der Waals surface area (Å²) >= 11 is 3.25. The summed E-state index contributed by atoms with van der Waals surface area (Å²) in [6.07, 6.45) is 2.76. The summed E-state index contributed by atoms with van der Waals surface area (Å²) in [5.74, 6) is -2.01. The zero-order chi connectivity index (χ0) is 17.0. The Kier molecular flexibility index (Phi) is 5.70. The van der Waals surface area contributed by atoms with E-state index in [-0.39, 0.29) is 30.6 Å². The number of carboxylic acid groups (broad SMARTS) is 1. The first-order valence-electron chi connectivity index (χ1n) is 7.26. The summed E-state index contributed by atoms with van der Waals surface area (Å²) in [4.78, 5) is 42.4. The molecule has 7 nitrogen and oxygen atoms in total. The Morgan fingerprint density at radius 3 is 2.78 bits per heavy atom. The summed E-state index contributed by atoms with van der Waals surface area (Å²) in [5.41, 5.74) is 0.255. The number of halogens is 1. The zero-order valence-electron chi connectivity index (χ0n) is 12.7. The molecular weight excluding hydrogens is 366 g/mol. The van der Waals surface area contributed by atoms with Crippen LogP contribution >= 0.6 is 15.9 Å². The van der Waals surface area contributed by atoms with Gasteiger partial charge in [-0.15, -0.1) is 0 Å². The van der Waals surface area contributed by atoms with Crippen LogP contribution in [0.25, 0.3) is 0 Å². The predicted molar refractivity (Wildman–Crippen MR) is 85.8 cm³/mol. The fraction of sp³-hybridized carbons (Fsp3) is 0.467. The second kappa shape index (κ2) is 7.54. The molecule has 1 aliphatic rings. The van der Waals surface area contributed by atoms with Gasteiger partial charge in [0.05, 0.1) is 12.5 Å². The minimum Gasteiger partial charge on any atom is -0.481 e. The lowest BCUT2D eigenvalue weighted by Crippen LogP contribution is -2.47. The van der Waals surface area contributed by atoms with E-state index in [4.69, 9.17) is 5.11 Å². The van der Waals surface area contributed by atoms with Crippen LogP contribution in [0.2, 0.25) is 0 Å². The smallest absolute Gasteiger partial charge is 0.308 e. The van der Waals surface area contributed by atoms with E-state index in [9.17, 15) is 14.4 Å². The van der Waals surface area contributed by atoms with Crippen LogP contribution in [0.3, 0.4) is 0 Å². The van der Waals surface area contributed by atoms with Crippen molar-refractivity contribution < 1.29 is 19.5 Å². The Balaban J connectivity index is 1.95. The number of carbonyl (C=O) groups excluding carboxylic acids is 2. The van der Waals surface area contributed by atoms with Gasteiger partial charge >= 0.3 is 5.97 Å². The highest BCUT2D eigenvalue weighted by atomic mass is 79.9.